The molecule has 0 saturated carbocycles. The first-order valence-electron chi connectivity index (χ1n) is 7.99. The molecule has 1 heterocycles. The molecule has 1 aliphatic heterocycles. The van der Waals surface area contributed by atoms with Crippen molar-refractivity contribution in [1.29, 1.82) is 0 Å². The molecule has 1 atom stereocenters. The van der Waals surface area contributed by atoms with Crippen LogP contribution in [0.15, 0.2) is 24.3 Å². The number of hydrogen-bond acceptors (Lipinski definition) is 3. The molecule has 5 nitrogen and oxygen atoms in total. The zero-order valence-electron chi connectivity index (χ0n) is 13.2. The average molecular weight is 303 g/mol. The molecule has 2 amide bonds. The third-order valence-electron chi connectivity index (χ3n) is 4.04. The van der Waals surface area contributed by atoms with Crippen LogP contribution in [0.25, 0.3) is 0 Å². The lowest BCUT2D eigenvalue weighted by molar-refractivity contribution is -0.128. The summed E-state index contributed by atoms with van der Waals surface area (Å²) in [5, 5.41) is 2.89. The van der Waals surface area contributed by atoms with Crippen LogP contribution in [0.1, 0.15) is 43.7 Å². The van der Waals surface area contributed by atoms with E-state index >= 15 is 0 Å². The van der Waals surface area contributed by atoms with Crippen molar-refractivity contribution in [2.45, 2.75) is 51.7 Å². The molecule has 0 radical (unpaired) electrons. The molecule has 1 aromatic rings. The summed E-state index contributed by atoms with van der Waals surface area (Å²) >= 11 is 0. The molecule has 1 unspecified atom stereocenters. The van der Waals surface area contributed by atoms with Gasteiger partial charge in [-0.2, -0.15) is 0 Å². The highest BCUT2D eigenvalue weighted by Crippen LogP contribution is 2.17. The minimum absolute atomic E-state index is 0.117. The summed E-state index contributed by atoms with van der Waals surface area (Å²) in [6.45, 7) is 3.90. The predicted octanol–water partition coefficient (Wildman–Crippen LogP) is 1.55. The summed E-state index contributed by atoms with van der Waals surface area (Å²) in [6.07, 6.45) is 3.16. The smallest absolute Gasteiger partial charge is 0.237 e. The Bertz CT molecular complexity index is 530. The maximum atomic E-state index is 11.9. The van der Waals surface area contributed by atoms with Gasteiger partial charge in [-0.3, -0.25) is 9.59 Å². The first kappa shape index (κ1) is 16.5. The highest BCUT2D eigenvalue weighted by atomic mass is 16.2. The third kappa shape index (κ3) is 4.31. The molecule has 0 aromatic heterocycles. The number of likely N-dealkylation sites (tertiary alicyclic amines) is 1. The summed E-state index contributed by atoms with van der Waals surface area (Å²) in [5.74, 6) is 0.0951. The molecule has 120 valence electrons. The van der Waals surface area contributed by atoms with Gasteiger partial charge in [-0.25, -0.2) is 0 Å². The van der Waals surface area contributed by atoms with Gasteiger partial charge in [0.15, 0.2) is 0 Å². The summed E-state index contributed by atoms with van der Waals surface area (Å²) in [4.78, 5) is 25.5. The zero-order chi connectivity index (χ0) is 15.9. The van der Waals surface area contributed by atoms with Crippen molar-refractivity contribution < 1.29 is 9.59 Å². The van der Waals surface area contributed by atoms with Crippen LogP contribution in [0.3, 0.4) is 0 Å². The number of carbonyl (C=O) groups excluding carboxylic acids is 2. The monoisotopic (exact) mass is 303 g/mol. The molecular formula is C17H25N3O2. The molecule has 22 heavy (non-hydrogen) atoms. The van der Waals surface area contributed by atoms with Crippen molar-refractivity contribution in [1.82, 2.24) is 10.2 Å². The van der Waals surface area contributed by atoms with Crippen LogP contribution in [-0.2, 0) is 22.7 Å². The van der Waals surface area contributed by atoms with E-state index in [1.54, 1.807) is 0 Å². The van der Waals surface area contributed by atoms with Crippen molar-refractivity contribution in [3.63, 3.8) is 0 Å². The van der Waals surface area contributed by atoms with Crippen LogP contribution in [0.5, 0.6) is 0 Å². The molecule has 0 spiro atoms. The lowest BCUT2D eigenvalue weighted by Gasteiger charge is -2.19. The van der Waals surface area contributed by atoms with Gasteiger partial charge in [-0.15, -0.1) is 0 Å². The second kappa shape index (κ2) is 7.94. The van der Waals surface area contributed by atoms with Crippen LogP contribution >= 0.6 is 0 Å². The number of rotatable bonds is 7. The van der Waals surface area contributed by atoms with Crippen LogP contribution < -0.4 is 11.1 Å². The highest BCUT2D eigenvalue weighted by Gasteiger charge is 2.21. The van der Waals surface area contributed by atoms with Gasteiger partial charge in [0.2, 0.25) is 11.8 Å². The fraction of sp³-hybridized carbons (Fsp3) is 0.529. The highest BCUT2D eigenvalue weighted by molar-refractivity contribution is 5.81. The molecular weight excluding hydrogens is 278 g/mol. The fourth-order valence-corrected chi connectivity index (χ4v) is 2.72. The van der Waals surface area contributed by atoms with Gasteiger partial charge in [0.1, 0.15) is 0 Å². The van der Waals surface area contributed by atoms with Crippen LogP contribution in [0.2, 0.25) is 0 Å². The Morgan fingerprint density at radius 2 is 2.09 bits per heavy atom. The van der Waals surface area contributed by atoms with Gasteiger partial charge in [-0.1, -0.05) is 37.6 Å². The van der Waals surface area contributed by atoms with Gasteiger partial charge in [0, 0.05) is 26.1 Å². The molecule has 1 aromatic carbocycles. The third-order valence-corrected chi connectivity index (χ3v) is 4.04. The van der Waals surface area contributed by atoms with Crippen molar-refractivity contribution in [2.24, 2.45) is 5.73 Å². The molecule has 1 aliphatic rings. The summed E-state index contributed by atoms with van der Waals surface area (Å²) < 4.78 is 0. The van der Waals surface area contributed by atoms with Gasteiger partial charge in [0.25, 0.3) is 0 Å². The number of benzene rings is 1. The SMILES string of the molecule is CCCC(N)C(=O)NCc1ccccc1CN1CCCC1=O. The van der Waals surface area contributed by atoms with Crippen LogP contribution in [-0.4, -0.2) is 29.3 Å². The van der Waals surface area contributed by atoms with E-state index in [2.05, 4.69) is 5.32 Å². The Kier molecular flexibility index (Phi) is 5.95. The van der Waals surface area contributed by atoms with Crippen LogP contribution in [0.4, 0.5) is 0 Å². The quantitative estimate of drug-likeness (QED) is 0.802. The predicted molar refractivity (Wildman–Crippen MR) is 85.8 cm³/mol. The fourth-order valence-electron chi connectivity index (χ4n) is 2.72. The Labute approximate surface area is 131 Å². The number of carbonyl (C=O) groups is 2. The summed E-state index contributed by atoms with van der Waals surface area (Å²) in [5.41, 5.74) is 7.94. The maximum Gasteiger partial charge on any atom is 0.237 e. The van der Waals surface area contributed by atoms with E-state index < -0.39 is 6.04 Å². The topological polar surface area (TPSA) is 75.4 Å². The van der Waals surface area contributed by atoms with Crippen molar-refractivity contribution in [3.05, 3.63) is 35.4 Å². The Hall–Kier alpha value is -1.88. The Balaban J connectivity index is 1.96. The molecule has 0 bridgehead atoms. The van der Waals surface area contributed by atoms with E-state index in [1.165, 1.54) is 0 Å². The molecule has 1 fully saturated rings. The van der Waals surface area contributed by atoms with Gasteiger partial charge in [-0.05, 0) is 24.0 Å². The lowest BCUT2D eigenvalue weighted by atomic mass is 10.1. The second-order valence-corrected chi connectivity index (χ2v) is 5.80. The lowest BCUT2D eigenvalue weighted by Crippen LogP contribution is -2.40. The van der Waals surface area contributed by atoms with E-state index in [9.17, 15) is 9.59 Å². The van der Waals surface area contributed by atoms with Crippen molar-refractivity contribution in [2.75, 3.05) is 6.54 Å². The van der Waals surface area contributed by atoms with Crippen LogP contribution in [0, 0.1) is 0 Å². The zero-order valence-corrected chi connectivity index (χ0v) is 13.2. The first-order chi connectivity index (χ1) is 10.6. The van der Waals surface area contributed by atoms with E-state index in [4.69, 9.17) is 5.73 Å². The number of amides is 2. The van der Waals surface area contributed by atoms with Gasteiger partial charge >= 0.3 is 0 Å². The normalized spacial score (nSPS) is 15.9. The number of nitrogens with two attached hydrogens (primary N) is 1. The first-order valence-corrected chi connectivity index (χ1v) is 7.99. The molecule has 1 saturated heterocycles. The van der Waals surface area contributed by atoms with Crippen molar-refractivity contribution in [3.8, 4) is 0 Å². The van der Waals surface area contributed by atoms with E-state index in [-0.39, 0.29) is 11.8 Å². The average Bonchev–Trinajstić information content (AvgIpc) is 2.91. The number of nitrogens with one attached hydrogen (secondary N) is 1. The van der Waals surface area contributed by atoms with Crippen molar-refractivity contribution >= 4 is 11.8 Å². The van der Waals surface area contributed by atoms with E-state index in [1.807, 2.05) is 36.1 Å². The number of hydrogen-bond donors (Lipinski definition) is 2. The molecule has 2 rings (SSSR count). The summed E-state index contributed by atoms with van der Waals surface area (Å²) in [7, 11) is 0. The molecule has 0 aliphatic carbocycles. The van der Waals surface area contributed by atoms with Gasteiger partial charge < -0.3 is 16.0 Å². The Morgan fingerprint density at radius 1 is 1.36 bits per heavy atom. The maximum absolute atomic E-state index is 11.9. The minimum Gasteiger partial charge on any atom is -0.351 e. The van der Waals surface area contributed by atoms with E-state index in [0.717, 1.165) is 30.5 Å². The largest absolute Gasteiger partial charge is 0.351 e. The summed E-state index contributed by atoms with van der Waals surface area (Å²) in [6, 6.07) is 7.46. The Morgan fingerprint density at radius 3 is 2.73 bits per heavy atom. The number of nitrogens with zero attached hydrogens (tertiary/aromatic N) is 1. The standard InChI is InChI=1S/C17H25N3O2/c1-2-6-15(18)17(22)19-11-13-7-3-4-8-14(13)12-20-10-5-9-16(20)21/h3-4,7-8,15H,2,5-6,9-12,18H2,1H3,(H,19,22). The molecule has 3 N–H and O–H groups in total. The van der Waals surface area contributed by atoms with E-state index in [0.29, 0.717) is 25.9 Å². The molecule has 5 heteroatoms. The van der Waals surface area contributed by atoms with Gasteiger partial charge in [0.05, 0.1) is 6.04 Å². The second-order valence-electron chi connectivity index (χ2n) is 5.80. The minimum atomic E-state index is -0.447.